The zero-order valence-corrected chi connectivity index (χ0v) is 13.1. The van der Waals surface area contributed by atoms with Gasteiger partial charge < -0.3 is 5.32 Å². The fraction of sp³-hybridized carbons (Fsp3) is 0.316. The van der Waals surface area contributed by atoms with E-state index in [-0.39, 0.29) is 0 Å². The number of benzene rings is 2. The second-order valence-electron chi connectivity index (χ2n) is 5.46. The number of nitrogens with one attached hydrogen (secondary N) is 1. The Morgan fingerprint density at radius 3 is 1.86 bits per heavy atom. The highest BCUT2D eigenvalue weighted by atomic mass is 16.1. The van der Waals surface area contributed by atoms with Gasteiger partial charge in [0.05, 0.1) is 0 Å². The molecule has 2 aromatic carbocycles. The zero-order valence-electron chi connectivity index (χ0n) is 13.1. The van der Waals surface area contributed by atoms with Crippen LogP contribution in [0.1, 0.15) is 24.5 Å². The van der Waals surface area contributed by atoms with Crippen LogP contribution in [0.3, 0.4) is 0 Å². The lowest BCUT2D eigenvalue weighted by Crippen LogP contribution is -2.41. The number of carbonyl (C=O) groups is 1. The molecule has 0 aliphatic carbocycles. The Morgan fingerprint density at radius 1 is 0.955 bits per heavy atom. The first-order chi connectivity index (χ1) is 10.8. The van der Waals surface area contributed by atoms with Gasteiger partial charge in [-0.3, -0.25) is 9.69 Å². The number of hydrogen-bond donors (Lipinski definition) is 1. The Kier molecular flexibility index (Phi) is 6.65. The molecule has 0 fully saturated rings. The van der Waals surface area contributed by atoms with Crippen LogP contribution in [0.5, 0.6) is 0 Å². The predicted octanol–water partition coefficient (Wildman–Crippen LogP) is 3.21. The molecule has 0 radical (unpaired) electrons. The standard InChI is InChI=1S/C19H24N2O/c1-2-19(13-20-16-22)21(14-17-9-5-3-6-10-17)15-18-11-7-4-8-12-18/h3-12,16,19H,2,13-15H2,1H3,(H,20,22). The van der Waals surface area contributed by atoms with E-state index in [1.54, 1.807) is 0 Å². The molecule has 0 aliphatic heterocycles. The van der Waals surface area contributed by atoms with Crippen LogP contribution in [0.2, 0.25) is 0 Å². The van der Waals surface area contributed by atoms with E-state index in [1.165, 1.54) is 11.1 Å². The minimum absolute atomic E-state index is 0.325. The van der Waals surface area contributed by atoms with Gasteiger partial charge in [0.15, 0.2) is 0 Å². The smallest absolute Gasteiger partial charge is 0.207 e. The lowest BCUT2D eigenvalue weighted by atomic mass is 10.1. The predicted molar refractivity (Wildman–Crippen MR) is 90.3 cm³/mol. The van der Waals surface area contributed by atoms with Gasteiger partial charge in [-0.2, -0.15) is 0 Å². The topological polar surface area (TPSA) is 32.3 Å². The number of amides is 1. The molecule has 0 spiro atoms. The summed E-state index contributed by atoms with van der Waals surface area (Å²) in [6.07, 6.45) is 1.78. The SMILES string of the molecule is CCC(CNC=O)N(Cc1ccccc1)Cc1ccccc1. The van der Waals surface area contributed by atoms with Gasteiger partial charge in [-0.25, -0.2) is 0 Å². The van der Waals surface area contributed by atoms with E-state index >= 15 is 0 Å². The first-order valence-electron chi connectivity index (χ1n) is 7.82. The van der Waals surface area contributed by atoms with Crippen molar-refractivity contribution >= 4 is 6.41 Å². The summed E-state index contributed by atoms with van der Waals surface area (Å²) in [6, 6.07) is 21.3. The minimum atomic E-state index is 0.325. The van der Waals surface area contributed by atoms with Gasteiger partial charge in [-0.05, 0) is 17.5 Å². The quantitative estimate of drug-likeness (QED) is 0.721. The van der Waals surface area contributed by atoms with E-state index in [9.17, 15) is 4.79 Å². The Balaban J connectivity index is 2.13. The summed E-state index contributed by atoms with van der Waals surface area (Å²) in [5.41, 5.74) is 2.59. The van der Waals surface area contributed by atoms with E-state index in [0.29, 0.717) is 12.6 Å². The normalized spacial score (nSPS) is 12.1. The van der Waals surface area contributed by atoms with Crippen molar-refractivity contribution in [2.45, 2.75) is 32.5 Å². The third-order valence-corrected chi connectivity index (χ3v) is 3.88. The van der Waals surface area contributed by atoms with Crippen LogP contribution in [0.15, 0.2) is 60.7 Å². The van der Waals surface area contributed by atoms with Crippen LogP contribution in [0, 0.1) is 0 Å². The largest absolute Gasteiger partial charge is 0.357 e. The highest BCUT2D eigenvalue weighted by Crippen LogP contribution is 2.15. The van der Waals surface area contributed by atoms with Crippen molar-refractivity contribution in [2.24, 2.45) is 0 Å². The maximum atomic E-state index is 10.6. The average molecular weight is 296 g/mol. The number of nitrogens with zero attached hydrogens (tertiary/aromatic N) is 1. The molecule has 0 heterocycles. The molecule has 116 valence electrons. The second kappa shape index (κ2) is 9.00. The van der Waals surface area contributed by atoms with Gasteiger partial charge in [-0.1, -0.05) is 67.6 Å². The summed E-state index contributed by atoms with van der Waals surface area (Å²) in [5.74, 6) is 0. The molecule has 0 aromatic heterocycles. The summed E-state index contributed by atoms with van der Waals surface area (Å²) in [4.78, 5) is 13.1. The van der Waals surface area contributed by atoms with Crippen LogP contribution < -0.4 is 5.32 Å². The summed E-state index contributed by atoms with van der Waals surface area (Å²) >= 11 is 0. The first-order valence-corrected chi connectivity index (χ1v) is 7.82. The summed E-state index contributed by atoms with van der Waals surface area (Å²) in [6.45, 7) is 4.61. The molecular weight excluding hydrogens is 272 g/mol. The van der Waals surface area contributed by atoms with Gasteiger partial charge in [0.2, 0.25) is 6.41 Å². The monoisotopic (exact) mass is 296 g/mol. The fourth-order valence-electron chi connectivity index (χ4n) is 2.67. The van der Waals surface area contributed by atoms with Crippen molar-refractivity contribution in [2.75, 3.05) is 6.54 Å². The highest BCUT2D eigenvalue weighted by molar-refractivity contribution is 5.45. The molecule has 0 saturated carbocycles. The molecule has 1 atom stereocenters. The second-order valence-corrected chi connectivity index (χ2v) is 5.46. The summed E-state index contributed by atoms with van der Waals surface area (Å²) < 4.78 is 0. The van der Waals surface area contributed by atoms with Crippen molar-refractivity contribution in [3.05, 3.63) is 71.8 Å². The minimum Gasteiger partial charge on any atom is -0.357 e. The molecule has 2 aromatic rings. The first kappa shape index (κ1) is 16.2. The summed E-state index contributed by atoms with van der Waals surface area (Å²) in [5, 5.41) is 2.83. The lowest BCUT2D eigenvalue weighted by molar-refractivity contribution is -0.109. The lowest BCUT2D eigenvalue weighted by Gasteiger charge is -2.31. The number of hydrogen-bond acceptors (Lipinski definition) is 2. The maximum Gasteiger partial charge on any atom is 0.207 e. The fourth-order valence-corrected chi connectivity index (χ4v) is 2.67. The molecular formula is C19H24N2O. The van der Waals surface area contributed by atoms with Crippen LogP contribution in [-0.4, -0.2) is 23.9 Å². The molecule has 22 heavy (non-hydrogen) atoms. The van der Waals surface area contributed by atoms with E-state index in [0.717, 1.165) is 25.9 Å². The van der Waals surface area contributed by atoms with E-state index < -0.39 is 0 Å². The molecule has 1 amide bonds. The van der Waals surface area contributed by atoms with Crippen LogP contribution >= 0.6 is 0 Å². The molecule has 1 unspecified atom stereocenters. The van der Waals surface area contributed by atoms with Crippen molar-refractivity contribution < 1.29 is 4.79 Å². The van der Waals surface area contributed by atoms with Crippen LogP contribution in [0.4, 0.5) is 0 Å². The molecule has 3 heteroatoms. The van der Waals surface area contributed by atoms with Crippen LogP contribution in [0.25, 0.3) is 0 Å². The summed E-state index contributed by atoms with van der Waals surface area (Å²) in [7, 11) is 0. The molecule has 2 rings (SSSR count). The van der Waals surface area contributed by atoms with Gasteiger partial charge in [0, 0.05) is 25.7 Å². The van der Waals surface area contributed by atoms with E-state index in [4.69, 9.17) is 0 Å². The molecule has 0 aliphatic rings. The van der Waals surface area contributed by atoms with Crippen molar-refractivity contribution in [1.29, 1.82) is 0 Å². The third-order valence-electron chi connectivity index (χ3n) is 3.88. The number of rotatable bonds is 9. The van der Waals surface area contributed by atoms with Crippen molar-refractivity contribution in [3.63, 3.8) is 0 Å². The Bertz CT molecular complexity index is 500. The Labute approximate surface area is 133 Å². The third kappa shape index (κ3) is 5.01. The van der Waals surface area contributed by atoms with E-state index in [2.05, 4.69) is 65.7 Å². The molecule has 3 nitrogen and oxygen atoms in total. The molecule has 0 bridgehead atoms. The van der Waals surface area contributed by atoms with Crippen molar-refractivity contribution in [3.8, 4) is 0 Å². The van der Waals surface area contributed by atoms with E-state index in [1.807, 2.05) is 12.1 Å². The van der Waals surface area contributed by atoms with Crippen molar-refractivity contribution in [1.82, 2.24) is 10.2 Å². The van der Waals surface area contributed by atoms with Gasteiger partial charge in [0.25, 0.3) is 0 Å². The van der Waals surface area contributed by atoms with Crippen LogP contribution in [-0.2, 0) is 17.9 Å². The maximum absolute atomic E-state index is 10.6. The number of carbonyl (C=O) groups excluding carboxylic acids is 1. The van der Waals surface area contributed by atoms with Gasteiger partial charge >= 0.3 is 0 Å². The molecule has 0 saturated heterocycles. The molecule has 1 N–H and O–H groups in total. The van der Waals surface area contributed by atoms with Gasteiger partial charge in [-0.15, -0.1) is 0 Å². The zero-order chi connectivity index (χ0) is 15.6. The Hall–Kier alpha value is -2.13. The van der Waals surface area contributed by atoms with Gasteiger partial charge in [0.1, 0.15) is 0 Å². The Morgan fingerprint density at radius 2 is 1.45 bits per heavy atom. The average Bonchev–Trinajstić information content (AvgIpc) is 2.57. The highest BCUT2D eigenvalue weighted by Gasteiger charge is 2.17.